The first-order chi connectivity index (χ1) is 16.5. The maximum absolute atomic E-state index is 13.3. The minimum atomic E-state index is -1.03. The SMILES string of the molecule is COc1ccc(-c2ccc(CN(CC3CC3)C(=O)c3ccc4c(c3)OCO4)cc2)cc1C(=O)O. The number of amides is 1. The largest absolute Gasteiger partial charge is 0.496 e. The molecule has 5 rings (SSSR count). The van der Waals surface area contributed by atoms with Gasteiger partial charge in [0.1, 0.15) is 11.3 Å². The van der Waals surface area contributed by atoms with Crippen LogP contribution < -0.4 is 14.2 Å². The van der Waals surface area contributed by atoms with Crippen molar-refractivity contribution in [2.75, 3.05) is 20.4 Å². The number of methoxy groups -OCH3 is 1. The molecule has 1 amide bonds. The number of carbonyl (C=O) groups excluding carboxylic acids is 1. The van der Waals surface area contributed by atoms with Gasteiger partial charge in [0.2, 0.25) is 6.79 Å². The number of hydrogen-bond acceptors (Lipinski definition) is 5. The van der Waals surface area contributed by atoms with Gasteiger partial charge in [0, 0.05) is 18.7 Å². The maximum Gasteiger partial charge on any atom is 0.339 e. The number of ether oxygens (including phenoxy) is 3. The van der Waals surface area contributed by atoms with Crippen molar-refractivity contribution >= 4 is 11.9 Å². The standard InChI is InChI=1S/C27H25NO6/c1-32-23-10-8-20(12-22(23)27(30)31)19-6-4-18(5-7-19)15-28(14-17-2-3-17)26(29)21-9-11-24-25(13-21)34-16-33-24/h4-13,17H,2-3,14-16H2,1H3,(H,30,31). The fourth-order valence-electron chi connectivity index (χ4n) is 4.12. The highest BCUT2D eigenvalue weighted by atomic mass is 16.7. The van der Waals surface area contributed by atoms with Crippen LogP contribution in [0, 0.1) is 5.92 Å². The summed E-state index contributed by atoms with van der Waals surface area (Å²) < 4.78 is 15.9. The first kappa shape index (κ1) is 21.8. The molecule has 1 aliphatic heterocycles. The molecule has 1 aliphatic carbocycles. The Morgan fingerprint density at radius 2 is 1.71 bits per heavy atom. The average Bonchev–Trinajstić information content (AvgIpc) is 3.55. The second-order valence-corrected chi connectivity index (χ2v) is 8.61. The summed E-state index contributed by atoms with van der Waals surface area (Å²) in [4.78, 5) is 26.8. The van der Waals surface area contributed by atoms with E-state index in [1.165, 1.54) is 7.11 Å². The van der Waals surface area contributed by atoms with E-state index in [9.17, 15) is 14.7 Å². The number of nitrogens with zero attached hydrogens (tertiary/aromatic N) is 1. The van der Waals surface area contributed by atoms with Gasteiger partial charge >= 0.3 is 5.97 Å². The van der Waals surface area contributed by atoms with Crippen molar-refractivity contribution < 1.29 is 28.9 Å². The Labute approximate surface area is 197 Å². The van der Waals surface area contributed by atoms with Gasteiger partial charge in [0.05, 0.1) is 7.11 Å². The van der Waals surface area contributed by atoms with Gasteiger partial charge < -0.3 is 24.2 Å². The molecule has 1 saturated carbocycles. The van der Waals surface area contributed by atoms with Crippen molar-refractivity contribution in [2.24, 2.45) is 5.92 Å². The summed E-state index contributed by atoms with van der Waals surface area (Å²) >= 11 is 0. The van der Waals surface area contributed by atoms with Crippen molar-refractivity contribution in [1.29, 1.82) is 0 Å². The summed E-state index contributed by atoms with van der Waals surface area (Å²) in [6, 6.07) is 18.3. The fraction of sp³-hybridized carbons (Fsp3) is 0.259. The van der Waals surface area contributed by atoms with E-state index >= 15 is 0 Å². The summed E-state index contributed by atoms with van der Waals surface area (Å²) in [5, 5.41) is 9.45. The Bertz CT molecular complexity index is 1230. The number of rotatable bonds is 8. The van der Waals surface area contributed by atoms with E-state index in [0.29, 0.717) is 35.3 Å². The predicted molar refractivity (Wildman–Crippen MR) is 125 cm³/mol. The maximum atomic E-state index is 13.3. The molecule has 1 fully saturated rings. The quantitative estimate of drug-likeness (QED) is 0.519. The normalized spacial score (nSPS) is 14.0. The van der Waals surface area contributed by atoms with E-state index in [0.717, 1.165) is 36.1 Å². The van der Waals surface area contributed by atoms with Crippen LogP contribution in [0.2, 0.25) is 0 Å². The third-order valence-corrected chi connectivity index (χ3v) is 6.17. The summed E-state index contributed by atoms with van der Waals surface area (Å²) in [7, 11) is 1.45. The molecule has 0 unspecified atom stereocenters. The van der Waals surface area contributed by atoms with Crippen LogP contribution in [-0.2, 0) is 6.54 Å². The molecule has 7 nitrogen and oxygen atoms in total. The van der Waals surface area contributed by atoms with Gasteiger partial charge in [-0.1, -0.05) is 30.3 Å². The lowest BCUT2D eigenvalue weighted by Gasteiger charge is -2.23. The number of carboxylic acids is 1. The Morgan fingerprint density at radius 3 is 2.41 bits per heavy atom. The van der Waals surface area contributed by atoms with E-state index in [1.807, 2.05) is 35.2 Å². The molecule has 1 heterocycles. The Hall–Kier alpha value is -4.00. The average molecular weight is 459 g/mol. The molecule has 0 atom stereocenters. The highest BCUT2D eigenvalue weighted by Crippen LogP contribution is 2.34. The molecule has 34 heavy (non-hydrogen) atoms. The molecule has 0 bridgehead atoms. The van der Waals surface area contributed by atoms with Crippen molar-refractivity contribution in [3.05, 3.63) is 77.4 Å². The van der Waals surface area contributed by atoms with Crippen molar-refractivity contribution in [3.63, 3.8) is 0 Å². The van der Waals surface area contributed by atoms with Gasteiger partial charge in [-0.15, -0.1) is 0 Å². The van der Waals surface area contributed by atoms with Gasteiger partial charge in [0.25, 0.3) is 5.91 Å². The Balaban J connectivity index is 1.35. The molecule has 7 heteroatoms. The van der Waals surface area contributed by atoms with Crippen LogP contribution in [0.15, 0.2) is 60.7 Å². The van der Waals surface area contributed by atoms with Crippen LogP contribution in [0.4, 0.5) is 0 Å². The zero-order valence-electron chi connectivity index (χ0n) is 18.8. The molecule has 0 saturated heterocycles. The highest BCUT2D eigenvalue weighted by molar-refractivity contribution is 5.95. The molecule has 1 N–H and O–H groups in total. The molecule has 3 aromatic carbocycles. The third-order valence-electron chi connectivity index (χ3n) is 6.17. The predicted octanol–water partition coefficient (Wildman–Crippen LogP) is 4.84. The molecule has 2 aliphatic rings. The molecule has 0 radical (unpaired) electrons. The summed E-state index contributed by atoms with van der Waals surface area (Å²) in [5.41, 5.74) is 3.39. The Kier molecular flexibility index (Phi) is 5.84. The monoisotopic (exact) mass is 459 g/mol. The van der Waals surface area contributed by atoms with E-state index in [2.05, 4.69) is 0 Å². The lowest BCUT2D eigenvalue weighted by Crippen LogP contribution is -2.32. The third kappa shape index (κ3) is 4.55. The second kappa shape index (κ2) is 9.09. The van der Waals surface area contributed by atoms with Gasteiger partial charge in [-0.25, -0.2) is 4.79 Å². The van der Waals surface area contributed by atoms with Crippen LogP contribution in [0.5, 0.6) is 17.2 Å². The zero-order chi connectivity index (χ0) is 23.7. The first-order valence-corrected chi connectivity index (χ1v) is 11.2. The lowest BCUT2D eigenvalue weighted by atomic mass is 10.0. The van der Waals surface area contributed by atoms with E-state index in [4.69, 9.17) is 14.2 Å². The number of fused-ring (bicyclic) bond motifs is 1. The number of hydrogen-bond donors (Lipinski definition) is 1. The molecule has 0 spiro atoms. The van der Waals surface area contributed by atoms with Crippen LogP contribution in [0.3, 0.4) is 0 Å². The second-order valence-electron chi connectivity index (χ2n) is 8.61. The van der Waals surface area contributed by atoms with Gasteiger partial charge in [-0.3, -0.25) is 4.79 Å². The number of carbonyl (C=O) groups is 2. The van der Waals surface area contributed by atoms with Gasteiger partial charge in [-0.05, 0) is 65.8 Å². The summed E-state index contributed by atoms with van der Waals surface area (Å²) in [6.07, 6.45) is 2.29. The number of carboxylic acid groups (broad SMARTS) is 1. The van der Waals surface area contributed by atoms with Crippen molar-refractivity contribution in [2.45, 2.75) is 19.4 Å². The smallest absolute Gasteiger partial charge is 0.339 e. The molecule has 3 aromatic rings. The van der Waals surface area contributed by atoms with Gasteiger partial charge in [0.15, 0.2) is 11.5 Å². The van der Waals surface area contributed by atoms with Crippen molar-refractivity contribution in [1.82, 2.24) is 4.90 Å². The molecule has 0 aromatic heterocycles. The molecular formula is C27H25NO6. The van der Waals surface area contributed by atoms with Crippen LogP contribution in [-0.4, -0.2) is 42.3 Å². The van der Waals surface area contributed by atoms with E-state index in [1.54, 1.807) is 30.3 Å². The zero-order valence-corrected chi connectivity index (χ0v) is 18.8. The van der Waals surface area contributed by atoms with Crippen LogP contribution >= 0.6 is 0 Å². The molecule has 174 valence electrons. The fourth-order valence-corrected chi connectivity index (χ4v) is 4.12. The summed E-state index contributed by atoms with van der Waals surface area (Å²) in [5.74, 6) is 1.06. The topological polar surface area (TPSA) is 85.3 Å². The highest BCUT2D eigenvalue weighted by Gasteiger charge is 2.28. The van der Waals surface area contributed by atoms with E-state index < -0.39 is 5.97 Å². The lowest BCUT2D eigenvalue weighted by molar-refractivity contribution is 0.0691. The number of benzene rings is 3. The molecular weight excluding hydrogens is 434 g/mol. The van der Waals surface area contributed by atoms with E-state index in [-0.39, 0.29) is 18.3 Å². The van der Waals surface area contributed by atoms with Gasteiger partial charge in [-0.2, -0.15) is 0 Å². The first-order valence-electron chi connectivity index (χ1n) is 11.2. The minimum absolute atomic E-state index is 0.0319. The summed E-state index contributed by atoms with van der Waals surface area (Å²) in [6.45, 7) is 1.38. The van der Waals surface area contributed by atoms with Crippen molar-refractivity contribution in [3.8, 4) is 28.4 Å². The van der Waals surface area contributed by atoms with Crippen LogP contribution in [0.25, 0.3) is 11.1 Å². The number of aromatic carboxylic acids is 1. The minimum Gasteiger partial charge on any atom is -0.496 e. The Morgan fingerprint density at radius 1 is 0.971 bits per heavy atom. The van der Waals surface area contributed by atoms with Crippen LogP contribution in [0.1, 0.15) is 39.1 Å².